The van der Waals surface area contributed by atoms with E-state index in [0.29, 0.717) is 55.4 Å². The Bertz CT molecular complexity index is 965. The number of nitrogens with zero attached hydrogens (tertiary/aromatic N) is 1. The van der Waals surface area contributed by atoms with E-state index in [-0.39, 0.29) is 29.1 Å². The van der Waals surface area contributed by atoms with Crippen LogP contribution in [0.4, 0.5) is 5.69 Å². The van der Waals surface area contributed by atoms with E-state index in [1.165, 1.54) is 18.4 Å². The molecule has 0 radical (unpaired) electrons. The highest BCUT2D eigenvalue weighted by atomic mass is 32.1. The molecule has 0 atom stereocenters. The Morgan fingerprint density at radius 1 is 1.15 bits per heavy atom. The number of Topliss-reactive ketones (excluding diaryl/α,β-unsaturated/α-hetero) is 1. The van der Waals surface area contributed by atoms with Crippen molar-refractivity contribution in [2.45, 2.75) is 71.3 Å². The predicted octanol–water partition coefficient (Wildman–Crippen LogP) is 4.59. The van der Waals surface area contributed by atoms with Crippen LogP contribution in [0.15, 0.2) is 6.07 Å². The van der Waals surface area contributed by atoms with Gasteiger partial charge in [0.05, 0.1) is 36.3 Å². The van der Waals surface area contributed by atoms with Crippen LogP contribution in [0.1, 0.15) is 79.8 Å². The lowest BCUT2D eigenvalue weighted by Crippen LogP contribution is -2.46. The number of ether oxygens (including phenoxy) is 2. The first-order valence-corrected chi connectivity index (χ1v) is 12.8. The van der Waals surface area contributed by atoms with Gasteiger partial charge in [-0.25, -0.2) is 4.79 Å². The third-order valence-electron chi connectivity index (χ3n) is 7.15. The average Bonchev–Trinajstić information content (AvgIpc) is 3.21. The number of rotatable bonds is 4. The fourth-order valence-corrected chi connectivity index (χ4v) is 5.86. The molecule has 2 aliphatic carbocycles. The standard InChI is InChI=1S/C26H33NO5S/c1-17-4-6-18(7-5-17)24(29)27(19-8-10-20(28)11-9-19)22-14-21(33-23(22)25(30)31-3)12-13-26(2)15-32-16-26/h14,17-19H,4-11,15-16H2,1-3H3. The molecule has 0 N–H and O–H groups in total. The van der Waals surface area contributed by atoms with Gasteiger partial charge in [0, 0.05) is 24.8 Å². The smallest absolute Gasteiger partial charge is 0.350 e. The fraction of sp³-hybridized carbons (Fsp3) is 0.654. The summed E-state index contributed by atoms with van der Waals surface area (Å²) in [6.07, 6.45) is 6.01. The van der Waals surface area contributed by atoms with E-state index in [4.69, 9.17) is 9.47 Å². The fourth-order valence-electron chi connectivity index (χ4n) is 4.94. The predicted molar refractivity (Wildman–Crippen MR) is 127 cm³/mol. The van der Waals surface area contributed by atoms with Crippen LogP contribution in [0.2, 0.25) is 0 Å². The Balaban J connectivity index is 1.70. The van der Waals surface area contributed by atoms with Crippen molar-refractivity contribution in [1.82, 2.24) is 0 Å². The molecule has 1 aromatic heterocycles. The lowest BCUT2D eigenvalue weighted by Gasteiger charge is -2.37. The zero-order valence-electron chi connectivity index (χ0n) is 19.8. The highest BCUT2D eigenvalue weighted by Gasteiger charge is 2.37. The molecule has 1 amide bonds. The van der Waals surface area contributed by atoms with Crippen LogP contribution in [-0.2, 0) is 19.1 Å². The van der Waals surface area contributed by atoms with E-state index in [1.54, 1.807) is 0 Å². The molecule has 0 aromatic carbocycles. The number of carbonyl (C=O) groups excluding carboxylic acids is 3. The van der Waals surface area contributed by atoms with Crippen LogP contribution < -0.4 is 4.90 Å². The number of carbonyl (C=O) groups is 3. The van der Waals surface area contributed by atoms with Gasteiger partial charge >= 0.3 is 5.97 Å². The number of hydrogen-bond donors (Lipinski definition) is 0. The van der Waals surface area contributed by atoms with Crippen molar-refractivity contribution in [2.24, 2.45) is 17.3 Å². The molecule has 2 heterocycles. The summed E-state index contributed by atoms with van der Waals surface area (Å²) in [5, 5.41) is 0. The quantitative estimate of drug-likeness (QED) is 0.474. The third-order valence-corrected chi connectivity index (χ3v) is 8.17. The maximum atomic E-state index is 13.9. The molecular formula is C26H33NO5S. The lowest BCUT2D eigenvalue weighted by molar-refractivity contribution is -0.125. The summed E-state index contributed by atoms with van der Waals surface area (Å²) in [4.78, 5) is 41.5. The van der Waals surface area contributed by atoms with Gasteiger partial charge in [-0.3, -0.25) is 9.59 Å². The van der Waals surface area contributed by atoms with Gasteiger partial charge < -0.3 is 14.4 Å². The Morgan fingerprint density at radius 3 is 2.39 bits per heavy atom. The van der Waals surface area contributed by atoms with Crippen molar-refractivity contribution >= 4 is 34.7 Å². The zero-order valence-corrected chi connectivity index (χ0v) is 20.6. The van der Waals surface area contributed by atoms with E-state index >= 15 is 0 Å². The number of methoxy groups -OCH3 is 1. The van der Waals surface area contributed by atoms with Gasteiger partial charge in [-0.1, -0.05) is 18.8 Å². The van der Waals surface area contributed by atoms with E-state index in [9.17, 15) is 14.4 Å². The molecule has 1 aromatic rings. The van der Waals surface area contributed by atoms with Crippen LogP contribution in [0.25, 0.3) is 0 Å². The second kappa shape index (κ2) is 9.99. The van der Waals surface area contributed by atoms with Crippen molar-refractivity contribution in [3.8, 4) is 11.8 Å². The first-order valence-electron chi connectivity index (χ1n) is 12.0. The van der Waals surface area contributed by atoms with Gasteiger partial charge in [-0.15, -0.1) is 11.3 Å². The normalized spacial score (nSPS) is 24.9. The zero-order chi connectivity index (χ0) is 23.6. The topological polar surface area (TPSA) is 72.9 Å². The van der Waals surface area contributed by atoms with Crippen LogP contribution in [-0.4, -0.2) is 44.0 Å². The Morgan fingerprint density at radius 2 is 1.82 bits per heavy atom. The van der Waals surface area contributed by atoms with Crippen LogP contribution in [0.5, 0.6) is 0 Å². The van der Waals surface area contributed by atoms with Crippen LogP contribution in [0, 0.1) is 29.1 Å². The molecule has 0 unspecified atom stereocenters. The van der Waals surface area contributed by atoms with Crippen molar-refractivity contribution in [3.05, 3.63) is 15.8 Å². The van der Waals surface area contributed by atoms with Gasteiger partial charge in [0.1, 0.15) is 10.7 Å². The third kappa shape index (κ3) is 5.33. The Labute approximate surface area is 200 Å². The minimum Gasteiger partial charge on any atom is -0.465 e. The van der Waals surface area contributed by atoms with Crippen LogP contribution in [0.3, 0.4) is 0 Å². The van der Waals surface area contributed by atoms with Gasteiger partial charge in [0.2, 0.25) is 5.91 Å². The number of thiophene rings is 1. The maximum absolute atomic E-state index is 13.9. The highest BCUT2D eigenvalue weighted by molar-refractivity contribution is 7.15. The summed E-state index contributed by atoms with van der Waals surface area (Å²) in [5.74, 6) is 6.92. The molecule has 1 aliphatic heterocycles. The Hall–Kier alpha value is -2.17. The number of esters is 1. The van der Waals surface area contributed by atoms with Gasteiger partial charge in [0.15, 0.2) is 0 Å². The average molecular weight is 472 g/mol. The van der Waals surface area contributed by atoms with Crippen molar-refractivity contribution in [2.75, 3.05) is 25.2 Å². The van der Waals surface area contributed by atoms with Crippen molar-refractivity contribution in [3.63, 3.8) is 0 Å². The van der Waals surface area contributed by atoms with E-state index in [1.807, 2.05) is 11.0 Å². The molecule has 33 heavy (non-hydrogen) atoms. The SMILES string of the molecule is COC(=O)c1sc(C#CC2(C)COC2)cc1N(C(=O)C1CCC(C)CC1)C1CCC(=O)CC1. The number of ketones is 1. The van der Waals surface area contributed by atoms with Crippen LogP contribution >= 0.6 is 11.3 Å². The van der Waals surface area contributed by atoms with Gasteiger partial charge in [-0.05, 0) is 57.4 Å². The first kappa shape index (κ1) is 24.0. The summed E-state index contributed by atoms with van der Waals surface area (Å²) >= 11 is 1.27. The molecule has 1 saturated heterocycles. The maximum Gasteiger partial charge on any atom is 0.350 e. The van der Waals surface area contributed by atoms with Crippen molar-refractivity contribution < 1.29 is 23.9 Å². The molecule has 0 spiro atoms. The molecule has 0 bridgehead atoms. The number of amides is 1. The second-order valence-electron chi connectivity index (χ2n) is 10.1. The van der Waals surface area contributed by atoms with E-state index in [0.717, 1.165) is 30.6 Å². The summed E-state index contributed by atoms with van der Waals surface area (Å²) < 4.78 is 10.4. The summed E-state index contributed by atoms with van der Waals surface area (Å²) in [7, 11) is 1.36. The first-order chi connectivity index (χ1) is 15.8. The molecule has 4 rings (SSSR count). The van der Waals surface area contributed by atoms with Gasteiger partial charge in [0.25, 0.3) is 0 Å². The Kier molecular flexibility index (Phi) is 7.25. The molecule has 3 fully saturated rings. The molecule has 6 nitrogen and oxygen atoms in total. The molecule has 3 aliphatic rings. The highest BCUT2D eigenvalue weighted by Crippen LogP contribution is 2.39. The molecule has 178 valence electrons. The monoisotopic (exact) mass is 471 g/mol. The molecule has 2 saturated carbocycles. The van der Waals surface area contributed by atoms with Crippen molar-refractivity contribution in [1.29, 1.82) is 0 Å². The summed E-state index contributed by atoms with van der Waals surface area (Å²) in [5.41, 5.74) is 0.419. The van der Waals surface area contributed by atoms with E-state index < -0.39 is 5.97 Å². The van der Waals surface area contributed by atoms with Gasteiger partial charge in [-0.2, -0.15) is 0 Å². The minimum atomic E-state index is -0.455. The summed E-state index contributed by atoms with van der Waals surface area (Å²) in [6, 6.07) is 1.78. The van der Waals surface area contributed by atoms with E-state index in [2.05, 4.69) is 25.7 Å². The number of anilines is 1. The number of hydrogen-bond acceptors (Lipinski definition) is 6. The molecule has 7 heteroatoms. The lowest BCUT2D eigenvalue weighted by atomic mass is 9.81. The minimum absolute atomic E-state index is 0.0511. The second-order valence-corrected chi connectivity index (χ2v) is 11.1. The summed E-state index contributed by atoms with van der Waals surface area (Å²) in [6.45, 7) is 5.49. The molecular weight excluding hydrogens is 438 g/mol. The largest absolute Gasteiger partial charge is 0.465 e.